The van der Waals surface area contributed by atoms with E-state index in [2.05, 4.69) is 32.2 Å². The number of esters is 2. The Bertz CT molecular complexity index is 307. The van der Waals surface area contributed by atoms with Gasteiger partial charge in [0.1, 0.15) is 0 Å². The molecule has 0 aliphatic carbocycles. The van der Waals surface area contributed by atoms with Gasteiger partial charge in [0, 0.05) is 19.3 Å². The van der Waals surface area contributed by atoms with Crippen molar-refractivity contribution in [2.75, 3.05) is 0 Å². The maximum atomic E-state index is 11.8. The zero-order valence-electron chi connectivity index (χ0n) is 14.6. The second-order valence-corrected chi connectivity index (χ2v) is 7.80. The van der Waals surface area contributed by atoms with Gasteiger partial charge in [0.05, 0.1) is 0 Å². The first-order chi connectivity index (χ1) is 10.8. The molecule has 2 unspecified atom stereocenters. The van der Waals surface area contributed by atoms with E-state index >= 15 is 0 Å². The minimum absolute atomic E-state index is 0.143. The van der Waals surface area contributed by atoms with Crippen molar-refractivity contribution in [1.29, 1.82) is 0 Å². The first kappa shape index (κ1) is 22.6. The smallest absolute Gasteiger partial charge is 0.308 e. The van der Waals surface area contributed by atoms with E-state index in [1.54, 1.807) is 0 Å². The Morgan fingerprint density at radius 2 is 1.30 bits per heavy atom. The fourth-order valence-corrected chi connectivity index (χ4v) is 2.20. The molecular weight excluding hydrogens is 332 g/mol. The Morgan fingerprint density at radius 1 is 0.826 bits per heavy atom. The molecule has 0 aromatic rings. The number of thiol groups is 2. The van der Waals surface area contributed by atoms with Crippen molar-refractivity contribution in [3.05, 3.63) is 0 Å². The van der Waals surface area contributed by atoms with Crippen LogP contribution in [0.25, 0.3) is 0 Å². The van der Waals surface area contributed by atoms with Gasteiger partial charge in [-0.1, -0.05) is 40.0 Å². The van der Waals surface area contributed by atoms with Gasteiger partial charge in [0.25, 0.3) is 0 Å². The van der Waals surface area contributed by atoms with Gasteiger partial charge in [0.2, 0.25) is 6.29 Å². The first-order valence-corrected chi connectivity index (χ1v) is 9.63. The molecular formula is C17H32O4S2. The molecule has 0 bridgehead atoms. The van der Waals surface area contributed by atoms with Crippen LogP contribution in [-0.2, 0) is 19.1 Å². The lowest BCUT2D eigenvalue weighted by molar-refractivity contribution is -0.189. The number of carbonyl (C=O) groups excluding carboxylic acids is 2. The highest BCUT2D eigenvalue weighted by Crippen LogP contribution is 2.14. The molecule has 0 rings (SSSR count). The van der Waals surface area contributed by atoms with Crippen molar-refractivity contribution < 1.29 is 19.1 Å². The summed E-state index contributed by atoms with van der Waals surface area (Å²) in [6.07, 6.45) is 5.86. The molecule has 0 amide bonds. The summed E-state index contributed by atoms with van der Waals surface area (Å²) in [6, 6.07) is 0. The van der Waals surface area contributed by atoms with Crippen LogP contribution in [0.3, 0.4) is 0 Å². The topological polar surface area (TPSA) is 52.6 Å². The predicted octanol–water partition coefficient (Wildman–Crippen LogP) is 4.57. The number of hydrogen-bond acceptors (Lipinski definition) is 6. The fourth-order valence-electron chi connectivity index (χ4n) is 1.94. The van der Waals surface area contributed by atoms with E-state index in [4.69, 9.17) is 9.47 Å². The van der Waals surface area contributed by atoms with Crippen LogP contribution in [0.5, 0.6) is 0 Å². The summed E-state index contributed by atoms with van der Waals surface area (Å²) >= 11 is 8.49. The minimum atomic E-state index is -0.766. The van der Waals surface area contributed by atoms with Crippen molar-refractivity contribution in [2.45, 2.75) is 95.3 Å². The van der Waals surface area contributed by atoms with Gasteiger partial charge >= 0.3 is 11.9 Å². The minimum Gasteiger partial charge on any atom is -0.425 e. The van der Waals surface area contributed by atoms with Gasteiger partial charge in [-0.15, -0.1) is 0 Å². The van der Waals surface area contributed by atoms with Gasteiger partial charge in [-0.2, -0.15) is 25.3 Å². The van der Waals surface area contributed by atoms with Crippen molar-refractivity contribution >= 4 is 37.2 Å². The molecule has 0 aliphatic heterocycles. The highest BCUT2D eigenvalue weighted by atomic mass is 32.1. The van der Waals surface area contributed by atoms with Crippen LogP contribution in [-0.4, -0.2) is 28.7 Å². The maximum Gasteiger partial charge on any atom is 0.308 e. The third-order valence-corrected chi connectivity index (χ3v) is 3.87. The Hall–Kier alpha value is -0.360. The van der Waals surface area contributed by atoms with E-state index < -0.39 is 6.29 Å². The van der Waals surface area contributed by atoms with Gasteiger partial charge in [-0.3, -0.25) is 9.59 Å². The number of hydrogen-bond donors (Lipinski definition) is 2. The molecule has 0 radical (unpaired) electrons. The molecule has 0 spiro atoms. The van der Waals surface area contributed by atoms with Gasteiger partial charge in [0.15, 0.2) is 0 Å². The van der Waals surface area contributed by atoms with Gasteiger partial charge in [-0.05, 0) is 29.8 Å². The van der Waals surface area contributed by atoms with E-state index in [0.717, 1.165) is 25.7 Å². The van der Waals surface area contributed by atoms with E-state index in [-0.39, 0.29) is 22.4 Å². The van der Waals surface area contributed by atoms with Crippen LogP contribution in [0, 0.1) is 0 Å². The van der Waals surface area contributed by atoms with Crippen molar-refractivity contribution in [2.24, 2.45) is 0 Å². The highest BCUT2D eigenvalue weighted by Gasteiger charge is 2.19. The standard InChI is InChI=1S/C17H32O4S2/c1-4-5-6-7-8-17(20-15(18)11-9-13(2)22)21-16(19)12-10-14(3)23/h13-14,17,22-23H,4-12H2,1-3H3. The Balaban J connectivity index is 4.31. The Morgan fingerprint density at radius 3 is 1.70 bits per heavy atom. The van der Waals surface area contributed by atoms with Crippen LogP contribution in [0.1, 0.15) is 78.6 Å². The quantitative estimate of drug-likeness (QED) is 0.218. The fraction of sp³-hybridized carbons (Fsp3) is 0.882. The van der Waals surface area contributed by atoms with Crippen molar-refractivity contribution in [3.8, 4) is 0 Å². The molecule has 4 nitrogen and oxygen atoms in total. The number of ether oxygens (including phenoxy) is 2. The van der Waals surface area contributed by atoms with E-state index in [0.29, 0.717) is 32.1 Å². The lowest BCUT2D eigenvalue weighted by Gasteiger charge is -2.19. The number of carbonyl (C=O) groups is 2. The maximum absolute atomic E-state index is 11.8. The third kappa shape index (κ3) is 14.9. The first-order valence-electron chi connectivity index (χ1n) is 8.60. The lowest BCUT2D eigenvalue weighted by atomic mass is 10.1. The molecule has 0 aromatic carbocycles. The van der Waals surface area contributed by atoms with Crippen LogP contribution >= 0.6 is 25.3 Å². The summed E-state index contributed by atoms with van der Waals surface area (Å²) in [5.41, 5.74) is 0. The Labute approximate surface area is 151 Å². The summed E-state index contributed by atoms with van der Waals surface area (Å²) in [4.78, 5) is 23.7. The molecule has 0 aromatic heterocycles. The molecule has 0 aliphatic rings. The average Bonchev–Trinajstić information content (AvgIpc) is 2.47. The van der Waals surface area contributed by atoms with E-state index in [1.807, 2.05) is 13.8 Å². The Kier molecular flexibility index (Phi) is 13.8. The molecule has 0 saturated heterocycles. The van der Waals surface area contributed by atoms with Crippen molar-refractivity contribution in [3.63, 3.8) is 0 Å². The van der Waals surface area contributed by atoms with E-state index in [1.165, 1.54) is 0 Å². The molecule has 0 saturated carbocycles. The molecule has 2 atom stereocenters. The van der Waals surface area contributed by atoms with E-state index in [9.17, 15) is 9.59 Å². The normalized spacial score (nSPS) is 14.8. The zero-order valence-corrected chi connectivity index (χ0v) is 16.4. The number of rotatable bonds is 13. The number of unbranched alkanes of at least 4 members (excludes halogenated alkanes) is 3. The van der Waals surface area contributed by atoms with Crippen LogP contribution in [0.4, 0.5) is 0 Å². The molecule has 0 heterocycles. The molecule has 136 valence electrons. The summed E-state index contributed by atoms with van der Waals surface area (Å²) < 4.78 is 10.6. The molecule has 23 heavy (non-hydrogen) atoms. The predicted molar refractivity (Wildman–Crippen MR) is 100 cm³/mol. The van der Waals surface area contributed by atoms with Gasteiger partial charge < -0.3 is 9.47 Å². The molecule has 0 fully saturated rings. The van der Waals surface area contributed by atoms with Crippen LogP contribution in [0.2, 0.25) is 0 Å². The average molecular weight is 365 g/mol. The molecule has 0 N–H and O–H groups in total. The molecule has 6 heteroatoms. The lowest BCUT2D eigenvalue weighted by Crippen LogP contribution is -2.25. The SMILES string of the molecule is CCCCCCC(OC(=O)CCC(C)S)OC(=O)CCC(C)S. The monoisotopic (exact) mass is 364 g/mol. The summed E-state index contributed by atoms with van der Waals surface area (Å²) in [7, 11) is 0. The third-order valence-electron chi connectivity index (χ3n) is 3.35. The van der Waals surface area contributed by atoms with Crippen LogP contribution < -0.4 is 0 Å². The van der Waals surface area contributed by atoms with Crippen LogP contribution in [0.15, 0.2) is 0 Å². The second kappa shape index (κ2) is 14.0. The largest absolute Gasteiger partial charge is 0.425 e. The summed E-state index contributed by atoms with van der Waals surface area (Å²) in [5.74, 6) is -0.663. The zero-order chi connectivity index (χ0) is 17.7. The second-order valence-electron chi connectivity index (χ2n) is 6.03. The summed E-state index contributed by atoms with van der Waals surface area (Å²) in [6.45, 7) is 5.99. The summed E-state index contributed by atoms with van der Waals surface area (Å²) in [5, 5.41) is 0.287. The van der Waals surface area contributed by atoms with Gasteiger partial charge in [-0.25, -0.2) is 0 Å². The van der Waals surface area contributed by atoms with Crippen molar-refractivity contribution in [1.82, 2.24) is 0 Å². The highest BCUT2D eigenvalue weighted by molar-refractivity contribution is 7.81.